The summed E-state index contributed by atoms with van der Waals surface area (Å²) in [6.07, 6.45) is 0. The van der Waals surface area contributed by atoms with Gasteiger partial charge in [-0.05, 0) is 56.2 Å². The largest absolute Gasteiger partial charge is 0.326 e. The molecular weight excluding hydrogens is 428 g/mol. The second-order valence-electron chi connectivity index (χ2n) is 8.26. The maximum absolute atomic E-state index is 13.7. The summed E-state index contributed by atoms with van der Waals surface area (Å²) in [5.74, 6) is -0.567. The zero-order chi connectivity index (χ0) is 24.4. The van der Waals surface area contributed by atoms with Crippen LogP contribution in [0.5, 0.6) is 0 Å². The third kappa shape index (κ3) is 4.32. The highest BCUT2D eigenvalue weighted by Crippen LogP contribution is 2.27. The molecular formula is C27H26N4O3. The molecule has 1 aromatic heterocycles. The number of amides is 2. The van der Waals surface area contributed by atoms with Crippen LogP contribution in [0.3, 0.4) is 0 Å². The second kappa shape index (κ2) is 9.31. The van der Waals surface area contributed by atoms with Gasteiger partial charge in [0.15, 0.2) is 0 Å². The van der Waals surface area contributed by atoms with Crippen molar-refractivity contribution in [2.24, 2.45) is 0 Å². The molecule has 3 aromatic carbocycles. The van der Waals surface area contributed by atoms with E-state index < -0.39 is 11.6 Å². The quantitative estimate of drug-likeness (QED) is 0.451. The lowest BCUT2D eigenvalue weighted by atomic mass is 10.1. The van der Waals surface area contributed by atoms with E-state index in [1.165, 1.54) is 11.5 Å². The van der Waals surface area contributed by atoms with Crippen LogP contribution in [0.25, 0.3) is 22.3 Å². The molecule has 0 aliphatic heterocycles. The standard InChI is InChI=1S/C27H26N4O3/c1-16-10-9-14-21(17(16)2)30-26(33)18(3)31-24-15-8-7-13-23(24)29-25(27(31)34)20-11-5-6-12-22(20)28-19(4)32/h5-15,18H,1-4H3,(H,28,32)(H,30,33)/t18-/m1/s1. The van der Waals surface area contributed by atoms with E-state index >= 15 is 0 Å². The summed E-state index contributed by atoms with van der Waals surface area (Å²) >= 11 is 0. The number of carbonyl (C=O) groups is 2. The first-order valence-electron chi connectivity index (χ1n) is 11.0. The normalized spacial score (nSPS) is 11.8. The number of benzene rings is 3. The lowest BCUT2D eigenvalue weighted by molar-refractivity contribution is -0.118. The average molecular weight is 455 g/mol. The van der Waals surface area contributed by atoms with Gasteiger partial charge in [0.05, 0.1) is 16.7 Å². The van der Waals surface area contributed by atoms with Crippen LogP contribution in [0.1, 0.15) is 31.0 Å². The van der Waals surface area contributed by atoms with Crippen LogP contribution in [-0.4, -0.2) is 21.4 Å². The number of fused-ring (bicyclic) bond motifs is 1. The summed E-state index contributed by atoms with van der Waals surface area (Å²) in [5, 5.41) is 5.72. The van der Waals surface area contributed by atoms with Gasteiger partial charge >= 0.3 is 0 Å². The topological polar surface area (TPSA) is 93.1 Å². The number of nitrogens with zero attached hydrogens (tertiary/aromatic N) is 2. The summed E-state index contributed by atoms with van der Waals surface area (Å²) in [7, 11) is 0. The molecule has 0 aliphatic carbocycles. The van der Waals surface area contributed by atoms with E-state index in [1.807, 2.05) is 38.1 Å². The van der Waals surface area contributed by atoms with Gasteiger partial charge in [0, 0.05) is 18.2 Å². The Bertz CT molecular complexity index is 1470. The summed E-state index contributed by atoms with van der Waals surface area (Å²) in [4.78, 5) is 43.4. The molecule has 1 heterocycles. The highest BCUT2D eigenvalue weighted by atomic mass is 16.2. The minimum Gasteiger partial charge on any atom is -0.326 e. The fourth-order valence-corrected chi connectivity index (χ4v) is 3.94. The molecule has 2 N–H and O–H groups in total. The minimum atomic E-state index is -0.813. The maximum atomic E-state index is 13.7. The predicted molar refractivity (Wildman–Crippen MR) is 135 cm³/mol. The number of hydrogen-bond acceptors (Lipinski definition) is 4. The maximum Gasteiger partial charge on any atom is 0.278 e. The molecule has 0 bridgehead atoms. The molecule has 0 saturated carbocycles. The number of hydrogen-bond donors (Lipinski definition) is 2. The van der Waals surface area contributed by atoms with Crippen molar-refractivity contribution >= 4 is 34.2 Å². The van der Waals surface area contributed by atoms with Crippen molar-refractivity contribution in [1.29, 1.82) is 0 Å². The number of aryl methyl sites for hydroxylation is 1. The molecule has 7 nitrogen and oxygen atoms in total. The molecule has 0 spiro atoms. The molecule has 4 rings (SSSR count). The Morgan fingerprint density at radius 2 is 1.56 bits per heavy atom. The highest BCUT2D eigenvalue weighted by molar-refractivity contribution is 5.96. The number of aromatic nitrogens is 2. The average Bonchev–Trinajstić information content (AvgIpc) is 2.81. The number of nitrogens with one attached hydrogen (secondary N) is 2. The van der Waals surface area contributed by atoms with Gasteiger partial charge in [0.1, 0.15) is 11.7 Å². The number of carbonyl (C=O) groups excluding carboxylic acids is 2. The molecule has 0 radical (unpaired) electrons. The van der Waals surface area contributed by atoms with Crippen molar-refractivity contribution in [3.05, 3.63) is 88.2 Å². The number of anilines is 2. The van der Waals surface area contributed by atoms with E-state index in [2.05, 4.69) is 15.6 Å². The number of para-hydroxylation sites is 3. The van der Waals surface area contributed by atoms with Crippen molar-refractivity contribution in [1.82, 2.24) is 9.55 Å². The van der Waals surface area contributed by atoms with Gasteiger partial charge in [0.25, 0.3) is 5.56 Å². The Balaban J connectivity index is 1.86. The first-order valence-corrected chi connectivity index (χ1v) is 11.0. The number of rotatable bonds is 5. The first-order chi connectivity index (χ1) is 16.3. The van der Waals surface area contributed by atoms with E-state index in [9.17, 15) is 14.4 Å². The van der Waals surface area contributed by atoms with Crippen molar-refractivity contribution in [2.45, 2.75) is 33.7 Å². The Morgan fingerprint density at radius 1 is 0.882 bits per heavy atom. The molecule has 34 heavy (non-hydrogen) atoms. The van der Waals surface area contributed by atoms with Crippen LogP contribution in [0.4, 0.5) is 11.4 Å². The molecule has 0 aliphatic rings. The summed E-state index contributed by atoms with van der Waals surface area (Å²) in [5.41, 5.74) is 4.58. The highest BCUT2D eigenvalue weighted by Gasteiger charge is 2.23. The van der Waals surface area contributed by atoms with Crippen LogP contribution < -0.4 is 16.2 Å². The van der Waals surface area contributed by atoms with Crippen molar-refractivity contribution < 1.29 is 9.59 Å². The van der Waals surface area contributed by atoms with Gasteiger partial charge in [0.2, 0.25) is 11.8 Å². The van der Waals surface area contributed by atoms with Crippen molar-refractivity contribution in [2.75, 3.05) is 10.6 Å². The van der Waals surface area contributed by atoms with Crippen LogP contribution in [0, 0.1) is 13.8 Å². The van der Waals surface area contributed by atoms with E-state index in [4.69, 9.17) is 0 Å². The van der Waals surface area contributed by atoms with Gasteiger partial charge in [-0.25, -0.2) is 4.98 Å². The summed E-state index contributed by atoms with van der Waals surface area (Å²) < 4.78 is 1.46. The van der Waals surface area contributed by atoms with Crippen LogP contribution in [0.15, 0.2) is 71.5 Å². The Kier molecular flexibility index (Phi) is 6.27. The van der Waals surface area contributed by atoms with Gasteiger partial charge in [-0.3, -0.25) is 19.0 Å². The van der Waals surface area contributed by atoms with Gasteiger partial charge in [-0.1, -0.05) is 42.5 Å². The van der Waals surface area contributed by atoms with E-state index in [-0.39, 0.29) is 17.5 Å². The lowest BCUT2D eigenvalue weighted by Crippen LogP contribution is -2.33. The molecule has 0 saturated heterocycles. The lowest BCUT2D eigenvalue weighted by Gasteiger charge is -2.20. The zero-order valence-electron chi connectivity index (χ0n) is 19.5. The Labute approximate surface area is 197 Å². The van der Waals surface area contributed by atoms with E-state index in [1.54, 1.807) is 49.4 Å². The minimum absolute atomic E-state index is 0.162. The fourth-order valence-electron chi connectivity index (χ4n) is 3.94. The molecule has 0 unspecified atom stereocenters. The van der Waals surface area contributed by atoms with Crippen molar-refractivity contribution in [3.8, 4) is 11.3 Å². The monoisotopic (exact) mass is 454 g/mol. The fraction of sp³-hybridized carbons (Fsp3) is 0.185. The third-order valence-electron chi connectivity index (χ3n) is 5.92. The van der Waals surface area contributed by atoms with Crippen molar-refractivity contribution in [3.63, 3.8) is 0 Å². The molecule has 0 fully saturated rings. The van der Waals surface area contributed by atoms with Crippen LogP contribution >= 0.6 is 0 Å². The van der Waals surface area contributed by atoms with Gasteiger partial charge in [-0.2, -0.15) is 0 Å². The van der Waals surface area contributed by atoms with Crippen LogP contribution in [-0.2, 0) is 9.59 Å². The first kappa shape index (κ1) is 22.9. The Morgan fingerprint density at radius 3 is 2.32 bits per heavy atom. The van der Waals surface area contributed by atoms with E-state index in [0.29, 0.717) is 28.0 Å². The van der Waals surface area contributed by atoms with E-state index in [0.717, 1.165) is 11.1 Å². The van der Waals surface area contributed by atoms with Gasteiger partial charge in [-0.15, -0.1) is 0 Å². The molecule has 2 amide bonds. The smallest absolute Gasteiger partial charge is 0.278 e. The SMILES string of the molecule is CC(=O)Nc1ccccc1-c1nc2ccccc2n([C@H](C)C(=O)Nc2cccc(C)c2C)c1=O. The summed E-state index contributed by atoms with van der Waals surface area (Å²) in [6, 6.07) is 19.1. The third-order valence-corrected chi connectivity index (χ3v) is 5.92. The van der Waals surface area contributed by atoms with Gasteiger partial charge < -0.3 is 10.6 Å². The van der Waals surface area contributed by atoms with Crippen LogP contribution in [0.2, 0.25) is 0 Å². The molecule has 7 heteroatoms. The molecule has 1 atom stereocenters. The molecule has 4 aromatic rings. The Hall–Kier alpha value is -4.26. The summed E-state index contributed by atoms with van der Waals surface area (Å²) in [6.45, 7) is 7.02. The zero-order valence-corrected chi connectivity index (χ0v) is 19.5. The predicted octanol–water partition coefficient (Wildman–Crippen LogP) is 4.84. The molecule has 172 valence electrons. The second-order valence-corrected chi connectivity index (χ2v) is 8.26.